The average Bonchev–Trinajstić information content (AvgIpc) is 2.93. The Labute approximate surface area is 112 Å². The summed E-state index contributed by atoms with van der Waals surface area (Å²) in [4.78, 5) is 15.4. The smallest absolute Gasteiger partial charge is 0.137 e. The van der Waals surface area contributed by atoms with Gasteiger partial charge in [-0.25, -0.2) is 15.0 Å². The third kappa shape index (κ3) is 2.03. The molecule has 1 N–H and O–H groups in total. The highest BCUT2D eigenvalue weighted by Crippen LogP contribution is 2.26. The van der Waals surface area contributed by atoms with Gasteiger partial charge in [0.1, 0.15) is 23.8 Å². The van der Waals surface area contributed by atoms with Crippen molar-refractivity contribution in [2.75, 3.05) is 23.8 Å². The predicted molar refractivity (Wildman–Crippen MR) is 74.2 cm³/mol. The molecule has 100 valence electrons. The van der Waals surface area contributed by atoms with E-state index in [9.17, 15) is 0 Å². The Bertz CT molecular complexity index is 576. The first-order valence-corrected chi connectivity index (χ1v) is 6.60. The van der Waals surface area contributed by atoms with E-state index >= 15 is 0 Å². The summed E-state index contributed by atoms with van der Waals surface area (Å²) in [6, 6.07) is 0. The van der Waals surface area contributed by atoms with Gasteiger partial charge in [-0.15, -0.1) is 0 Å². The summed E-state index contributed by atoms with van der Waals surface area (Å²) in [6.45, 7) is 4.85. The van der Waals surface area contributed by atoms with Crippen molar-refractivity contribution in [1.29, 1.82) is 0 Å². The lowest BCUT2D eigenvalue weighted by Crippen LogP contribution is -2.35. The summed E-state index contributed by atoms with van der Waals surface area (Å²) in [6.07, 6.45) is 6.43. The lowest BCUT2D eigenvalue weighted by molar-refractivity contribution is 0.554. The van der Waals surface area contributed by atoms with E-state index in [1.807, 2.05) is 19.4 Å². The summed E-state index contributed by atoms with van der Waals surface area (Å²) in [5.74, 6) is 3.04. The fourth-order valence-electron chi connectivity index (χ4n) is 2.57. The van der Waals surface area contributed by atoms with Gasteiger partial charge in [0, 0.05) is 38.1 Å². The van der Waals surface area contributed by atoms with Gasteiger partial charge in [-0.1, -0.05) is 6.92 Å². The first kappa shape index (κ1) is 12.0. The predicted octanol–water partition coefficient (Wildman–Crippen LogP) is 1.30. The minimum Gasteiger partial charge on any atom is -0.373 e. The number of anilines is 2. The fourth-order valence-corrected chi connectivity index (χ4v) is 2.57. The van der Waals surface area contributed by atoms with Gasteiger partial charge in [0.2, 0.25) is 0 Å². The van der Waals surface area contributed by atoms with Crippen LogP contribution in [0.3, 0.4) is 0 Å². The Morgan fingerprint density at radius 2 is 2.16 bits per heavy atom. The minimum atomic E-state index is 0.806. The van der Waals surface area contributed by atoms with Gasteiger partial charge in [-0.2, -0.15) is 0 Å². The molecule has 2 aromatic heterocycles. The molecule has 3 heterocycles. The van der Waals surface area contributed by atoms with Gasteiger partial charge in [0.25, 0.3) is 0 Å². The van der Waals surface area contributed by atoms with Gasteiger partial charge >= 0.3 is 0 Å². The Morgan fingerprint density at radius 1 is 1.26 bits per heavy atom. The molecule has 0 bridgehead atoms. The number of imidazole rings is 1. The average molecular weight is 258 g/mol. The number of fused-ring (bicyclic) bond motifs is 1. The molecule has 1 aliphatic rings. The Hall–Kier alpha value is -2.11. The Morgan fingerprint density at radius 3 is 2.95 bits per heavy atom. The first-order valence-electron chi connectivity index (χ1n) is 6.60. The summed E-state index contributed by atoms with van der Waals surface area (Å²) in [5, 5.41) is 3.14. The third-order valence-electron chi connectivity index (χ3n) is 3.56. The van der Waals surface area contributed by atoms with Crippen LogP contribution in [0.5, 0.6) is 0 Å². The SMILES string of the molecule is CCc1c(NC)ncnc1N1CCn2ccnc2C1. The molecular weight excluding hydrogens is 240 g/mol. The van der Waals surface area contributed by atoms with Crippen LogP contribution in [-0.2, 0) is 19.5 Å². The second-order valence-corrected chi connectivity index (χ2v) is 4.59. The van der Waals surface area contributed by atoms with Crippen LogP contribution >= 0.6 is 0 Å². The van der Waals surface area contributed by atoms with Gasteiger partial charge in [-0.3, -0.25) is 0 Å². The van der Waals surface area contributed by atoms with Crippen LogP contribution in [0.25, 0.3) is 0 Å². The summed E-state index contributed by atoms with van der Waals surface area (Å²) in [5.41, 5.74) is 1.17. The van der Waals surface area contributed by atoms with E-state index in [-0.39, 0.29) is 0 Å². The van der Waals surface area contributed by atoms with Crippen molar-refractivity contribution < 1.29 is 0 Å². The van der Waals surface area contributed by atoms with Crippen molar-refractivity contribution >= 4 is 11.6 Å². The maximum Gasteiger partial charge on any atom is 0.137 e. The first-order chi connectivity index (χ1) is 9.33. The molecular formula is C13H18N6. The zero-order valence-electron chi connectivity index (χ0n) is 11.3. The number of hydrogen-bond acceptors (Lipinski definition) is 5. The number of nitrogens with one attached hydrogen (secondary N) is 1. The monoisotopic (exact) mass is 258 g/mol. The highest BCUT2D eigenvalue weighted by Gasteiger charge is 2.21. The molecule has 0 saturated carbocycles. The minimum absolute atomic E-state index is 0.806. The fraction of sp³-hybridized carbons (Fsp3) is 0.462. The maximum atomic E-state index is 4.48. The molecule has 0 unspecified atom stereocenters. The number of aromatic nitrogens is 4. The van der Waals surface area contributed by atoms with Crippen LogP contribution in [-0.4, -0.2) is 33.1 Å². The van der Waals surface area contributed by atoms with Crippen molar-refractivity contribution in [2.45, 2.75) is 26.4 Å². The summed E-state index contributed by atoms with van der Waals surface area (Å²) < 4.78 is 2.20. The number of nitrogens with zero attached hydrogens (tertiary/aromatic N) is 5. The highest BCUT2D eigenvalue weighted by atomic mass is 15.3. The molecule has 6 heteroatoms. The molecule has 19 heavy (non-hydrogen) atoms. The van der Waals surface area contributed by atoms with E-state index in [1.165, 1.54) is 5.56 Å². The lowest BCUT2D eigenvalue weighted by atomic mass is 10.2. The van der Waals surface area contributed by atoms with Gasteiger partial charge in [-0.05, 0) is 6.42 Å². The molecule has 6 nitrogen and oxygen atoms in total. The molecule has 0 saturated heterocycles. The quantitative estimate of drug-likeness (QED) is 0.899. The van der Waals surface area contributed by atoms with E-state index in [1.54, 1.807) is 6.33 Å². The van der Waals surface area contributed by atoms with E-state index < -0.39 is 0 Å². The maximum absolute atomic E-state index is 4.48. The molecule has 3 rings (SSSR count). The van der Waals surface area contributed by atoms with E-state index in [2.05, 4.69) is 36.7 Å². The Kier molecular flexibility index (Phi) is 3.06. The molecule has 0 aliphatic carbocycles. The molecule has 0 amide bonds. The third-order valence-corrected chi connectivity index (χ3v) is 3.56. The number of rotatable bonds is 3. The van der Waals surface area contributed by atoms with Crippen molar-refractivity contribution in [1.82, 2.24) is 19.5 Å². The van der Waals surface area contributed by atoms with Crippen LogP contribution in [0, 0.1) is 0 Å². The van der Waals surface area contributed by atoms with Crippen molar-refractivity contribution in [3.8, 4) is 0 Å². The van der Waals surface area contributed by atoms with Crippen LogP contribution in [0.15, 0.2) is 18.7 Å². The largest absolute Gasteiger partial charge is 0.373 e. The van der Waals surface area contributed by atoms with Crippen molar-refractivity contribution in [3.05, 3.63) is 30.1 Å². The second kappa shape index (κ2) is 4.87. The summed E-state index contributed by atoms with van der Waals surface area (Å²) >= 11 is 0. The molecule has 0 spiro atoms. The van der Waals surface area contributed by atoms with Crippen molar-refractivity contribution in [2.24, 2.45) is 0 Å². The van der Waals surface area contributed by atoms with E-state index in [4.69, 9.17) is 0 Å². The molecule has 0 atom stereocenters. The van der Waals surface area contributed by atoms with Crippen LogP contribution in [0.2, 0.25) is 0 Å². The highest BCUT2D eigenvalue weighted by molar-refractivity contribution is 5.58. The second-order valence-electron chi connectivity index (χ2n) is 4.59. The van der Waals surface area contributed by atoms with E-state index in [0.717, 1.165) is 43.5 Å². The van der Waals surface area contributed by atoms with Crippen LogP contribution < -0.4 is 10.2 Å². The van der Waals surface area contributed by atoms with Gasteiger partial charge in [0.15, 0.2) is 0 Å². The van der Waals surface area contributed by atoms with Crippen LogP contribution in [0.1, 0.15) is 18.3 Å². The molecule has 0 radical (unpaired) electrons. The molecule has 0 aromatic carbocycles. The lowest BCUT2D eigenvalue weighted by Gasteiger charge is -2.30. The van der Waals surface area contributed by atoms with Crippen molar-refractivity contribution in [3.63, 3.8) is 0 Å². The molecule has 2 aromatic rings. The van der Waals surface area contributed by atoms with E-state index in [0.29, 0.717) is 0 Å². The normalized spacial score (nSPS) is 14.3. The molecule has 1 aliphatic heterocycles. The zero-order chi connectivity index (χ0) is 13.2. The topological polar surface area (TPSA) is 58.9 Å². The standard InChI is InChI=1S/C13H18N6/c1-3-10-12(14-2)16-9-17-13(10)19-7-6-18-5-4-15-11(18)8-19/h4-5,9H,3,6-8H2,1-2H3,(H,14,16,17). The zero-order valence-corrected chi connectivity index (χ0v) is 11.3. The summed E-state index contributed by atoms with van der Waals surface area (Å²) in [7, 11) is 1.90. The van der Waals surface area contributed by atoms with Crippen LogP contribution in [0.4, 0.5) is 11.6 Å². The molecule has 0 fully saturated rings. The number of hydrogen-bond donors (Lipinski definition) is 1. The van der Waals surface area contributed by atoms with Gasteiger partial charge in [0.05, 0.1) is 6.54 Å². The Balaban J connectivity index is 1.95. The van der Waals surface area contributed by atoms with Gasteiger partial charge < -0.3 is 14.8 Å².